The third-order valence-corrected chi connectivity index (χ3v) is 4.81. The van der Waals surface area contributed by atoms with Crippen LogP contribution >= 0.6 is 12.2 Å². The van der Waals surface area contributed by atoms with Crippen molar-refractivity contribution in [3.63, 3.8) is 0 Å². The molecule has 1 saturated heterocycles. The number of hydrogen-bond acceptors (Lipinski definition) is 1. The van der Waals surface area contributed by atoms with Crippen LogP contribution in [0.1, 0.15) is 43.6 Å². The van der Waals surface area contributed by atoms with E-state index in [1.807, 2.05) is 0 Å². The van der Waals surface area contributed by atoms with Gasteiger partial charge in [-0.15, -0.1) is 0 Å². The van der Waals surface area contributed by atoms with Crippen LogP contribution in [0.15, 0.2) is 30.3 Å². The van der Waals surface area contributed by atoms with E-state index in [-0.39, 0.29) is 0 Å². The molecule has 1 saturated carbocycles. The van der Waals surface area contributed by atoms with Gasteiger partial charge in [0.2, 0.25) is 0 Å². The number of hydrogen-bond donors (Lipinski definition) is 1. The van der Waals surface area contributed by atoms with Crippen molar-refractivity contribution >= 4 is 17.3 Å². The fourth-order valence-electron chi connectivity index (χ4n) is 3.28. The molecule has 3 heteroatoms. The van der Waals surface area contributed by atoms with E-state index < -0.39 is 0 Å². The second-order valence-corrected chi connectivity index (χ2v) is 6.16. The topological polar surface area (TPSA) is 15.3 Å². The Hall–Kier alpha value is -1.09. The van der Waals surface area contributed by atoms with Crippen molar-refractivity contribution in [1.29, 1.82) is 0 Å². The van der Waals surface area contributed by atoms with E-state index >= 15 is 0 Å². The minimum absolute atomic E-state index is 0.628. The highest BCUT2D eigenvalue weighted by Crippen LogP contribution is 2.27. The zero-order valence-corrected chi connectivity index (χ0v) is 12.2. The summed E-state index contributed by atoms with van der Waals surface area (Å²) < 4.78 is 0. The zero-order chi connectivity index (χ0) is 13.1. The van der Waals surface area contributed by atoms with Gasteiger partial charge in [0.15, 0.2) is 5.11 Å². The van der Waals surface area contributed by atoms with Gasteiger partial charge >= 0.3 is 0 Å². The molecule has 1 aromatic rings. The lowest BCUT2D eigenvalue weighted by Crippen LogP contribution is -2.42. The maximum absolute atomic E-state index is 5.57. The lowest BCUT2D eigenvalue weighted by molar-refractivity contribution is 0.479. The maximum atomic E-state index is 5.57. The van der Waals surface area contributed by atoms with Gasteiger partial charge in [0.25, 0.3) is 0 Å². The van der Waals surface area contributed by atoms with Crippen molar-refractivity contribution in [3.8, 4) is 0 Å². The predicted octanol–water partition coefficient (Wildman–Crippen LogP) is 3.29. The number of likely N-dealkylation sites (tertiary alicyclic amines) is 1. The summed E-state index contributed by atoms with van der Waals surface area (Å²) in [5, 5.41) is 4.53. The van der Waals surface area contributed by atoms with Crippen molar-refractivity contribution in [2.45, 2.75) is 44.1 Å². The average Bonchev–Trinajstić information content (AvgIpc) is 3.10. The van der Waals surface area contributed by atoms with Crippen molar-refractivity contribution in [2.24, 2.45) is 0 Å². The van der Waals surface area contributed by atoms with E-state index in [9.17, 15) is 0 Å². The molecule has 1 aromatic carbocycles. The molecule has 1 aliphatic carbocycles. The average molecular weight is 274 g/mol. The van der Waals surface area contributed by atoms with Crippen molar-refractivity contribution in [2.75, 3.05) is 13.1 Å². The van der Waals surface area contributed by atoms with Gasteiger partial charge in [0.05, 0.1) is 0 Å². The fourth-order valence-corrected chi connectivity index (χ4v) is 3.61. The fraction of sp³-hybridized carbons (Fsp3) is 0.562. The molecule has 0 radical (unpaired) electrons. The van der Waals surface area contributed by atoms with E-state index in [4.69, 9.17) is 12.2 Å². The van der Waals surface area contributed by atoms with Crippen molar-refractivity contribution in [3.05, 3.63) is 35.9 Å². The van der Waals surface area contributed by atoms with E-state index in [2.05, 4.69) is 40.5 Å². The largest absolute Gasteiger partial charge is 0.360 e. The molecular formula is C16H22N2S. The van der Waals surface area contributed by atoms with Gasteiger partial charge in [-0.1, -0.05) is 43.2 Å². The molecule has 0 amide bonds. The molecule has 2 fully saturated rings. The van der Waals surface area contributed by atoms with Crippen LogP contribution in [0, 0.1) is 0 Å². The molecule has 1 unspecified atom stereocenters. The quantitative estimate of drug-likeness (QED) is 0.833. The second-order valence-electron chi connectivity index (χ2n) is 5.77. The molecule has 1 atom stereocenters. The minimum Gasteiger partial charge on any atom is -0.360 e. The first-order valence-electron chi connectivity index (χ1n) is 7.43. The van der Waals surface area contributed by atoms with Crippen LogP contribution in [0.4, 0.5) is 0 Å². The first kappa shape index (κ1) is 12.9. The summed E-state index contributed by atoms with van der Waals surface area (Å²) in [6, 6.07) is 11.5. The number of benzene rings is 1. The van der Waals surface area contributed by atoms with Gasteiger partial charge in [0, 0.05) is 25.0 Å². The monoisotopic (exact) mass is 274 g/mol. The Morgan fingerprint density at radius 2 is 1.84 bits per heavy atom. The van der Waals surface area contributed by atoms with Crippen LogP contribution in [-0.2, 0) is 0 Å². The van der Waals surface area contributed by atoms with Crippen LogP contribution in [0.25, 0.3) is 0 Å². The number of nitrogens with zero attached hydrogens (tertiary/aromatic N) is 1. The minimum atomic E-state index is 0.628. The maximum Gasteiger partial charge on any atom is 0.169 e. The second kappa shape index (κ2) is 5.91. The summed E-state index contributed by atoms with van der Waals surface area (Å²) in [4.78, 5) is 2.35. The molecule has 102 valence electrons. The van der Waals surface area contributed by atoms with Gasteiger partial charge in [-0.25, -0.2) is 0 Å². The smallest absolute Gasteiger partial charge is 0.169 e. The Balaban J connectivity index is 1.55. The lowest BCUT2D eigenvalue weighted by atomic mass is 9.99. The molecule has 0 bridgehead atoms. The summed E-state index contributed by atoms with van der Waals surface area (Å²) >= 11 is 5.57. The summed E-state index contributed by atoms with van der Waals surface area (Å²) in [5.74, 6) is 0.643. The van der Waals surface area contributed by atoms with Crippen LogP contribution < -0.4 is 5.32 Å². The number of nitrogens with one attached hydrogen (secondary N) is 1. The van der Waals surface area contributed by atoms with E-state index in [0.29, 0.717) is 12.0 Å². The third kappa shape index (κ3) is 3.08. The highest BCUT2D eigenvalue weighted by Gasteiger charge is 2.26. The first-order chi connectivity index (χ1) is 9.33. The normalized spacial score (nSPS) is 23.8. The van der Waals surface area contributed by atoms with Gasteiger partial charge < -0.3 is 10.2 Å². The summed E-state index contributed by atoms with van der Waals surface area (Å²) in [6.45, 7) is 2.17. The van der Waals surface area contributed by atoms with E-state index in [0.717, 1.165) is 18.2 Å². The molecule has 0 spiro atoms. The SMILES string of the molecule is S=C(NC1CCCC1)N1CCC(c2ccccc2)C1. The molecule has 3 rings (SSSR count). The molecule has 19 heavy (non-hydrogen) atoms. The molecular weight excluding hydrogens is 252 g/mol. The number of rotatable bonds is 2. The number of thiocarbonyl (C=S) groups is 1. The molecule has 2 nitrogen and oxygen atoms in total. The van der Waals surface area contributed by atoms with Gasteiger partial charge in [0.1, 0.15) is 0 Å². The van der Waals surface area contributed by atoms with Gasteiger partial charge in [-0.05, 0) is 37.0 Å². The van der Waals surface area contributed by atoms with E-state index in [1.54, 1.807) is 0 Å². The van der Waals surface area contributed by atoms with Crippen LogP contribution in [0.3, 0.4) is 0 Å². The highest BCUT2D eigenvalue weighted by molar-refractivity contribution is 7.80. The zero-order valence-electron chi connectivity index (χ0n) is 11.3. The Labute approximate surface area is 121 Å². The summed E-state index contributed by atoms with van der Waals surface area (Å²) in [6.07, 6.45) is 6.50. The Morgan fingerprint density at radius 1 is 1.11 bits per heavy atom. The molecule has 1 N–H and O–H groups in total. The Kier molecular flexibility index (Phi) is 4.02. The molecule has 2 aliphatic rings. The van der Waals surface area contributed by atoms with Crippen LogP contribution in [-0.4, -0.2) is 29.1 Å². The first-order valence-corrected chi connectivity index (χ1v) is 7.84. The Bertz CT molecular complexity index is 426. The van der Waals surface area contributed by atoms with Crippen molar-refractivity contribution in [1.82, 2.24) is 10.2 Å². The molecule has 0 aromatic heterocycles. The van der Waals surface area contributed by atoms with Crippen LogP contribution in [0.2, 0.25) is 0 Å². The van der Waals surface area contributed by atoms with Crippen LogP contribution in [0.5, 0.6) is 0 Å². The summed E-state index contributed by atoms with van der Waals surface area (Å²) in [7, 11) is 0. The summed E-state index contributed by atoms with van der Waals surface area (Å²) in [5.41, 5.74) is 1.45. The standard InChI is InChI=1S/C16H22N2S/c19-16(17-15-8-4-5-9-15)18-11-10-14(12-18)13-6-2-1-3-7-13/h1-3,6-7,14-15H,4-5,8-12H2,(H,17,19). The molecule has 1 aliphatic heterocycles. The lowest BCUT2D eigenvalue weighted by Gasteiger charge is -2.23. The van der Waals surface area contributed by atoms with E-state index in [1.165, 1.54) is 37.7 Å². The Morgan fingerprint density at radius 3 is 2.58 bits per heavy atom. The highest BCUT2D eigenvalue weighted by atomic mass is 32.1. The van der Waals surface area contributed by atoms with Gasteiger partial charge in [-0.2, -0.15) is 0 Å². The van der Waals surface area contributed by atoms with Crippen molar-refractivity contribution < 1.29 is 0 Å². The third-order valence-electron chi connectivity index (χ3n) is 4.43. The molecule has 1 heterocycles. The predicted molar refractivity (Wildman–Crippen MR) is 83.4 cm³/mol. The van der Waals surface area contributed by atoms with Gasteiger partial charge in [-0.3, -0.25) is 0 Å².